The quantitative estimate of drug-likeness (QED) is 0.759. The average Bonchev–Trinajstić information content (AvgIpc) is 2.27. The van der Waals surface area contributed by atoms with Gasteiger partial charge in [-0.05, 0) is 29.7 Å². The van der Waals surface area contributed by atoms with E-state index in [2.05, 4.69) is 19.2 Å². The Morgan fingerprint density at radius 3 is 2.88 bits per heavy atom. The molecule has 0 aromatic heterocycles. The van der Waals surface area contributed by atoms with Crippen LogP contribution in [0.4, 0.5) is 4.39 Å². The summed E-state index contributed by atoms with van der Waals surface area (Å²) in [4.78, 5) is 0. The zero-order valence-corrected chi connectivity index (χ0v) is 11.1. The Hall–Kier alpha value is -0.640. The molecule has 0 aliphatic heterocycles. The van der Waals surface area contributed by atoms with Crippen LogP contribution in [0.15, 0.2) is 18.2 Å². The second-order valence-electron chi connectivity index (χ2n) is 4.38. The molecule has 0 bridgehead atoms. The van der Waals surface area contributed by atoms with Gasteiger partial charge >= 0.3 is 0 Å². The first kappa shape index (κ1) is 14.4. The fraction of sp³-hybridized carbons (Fsp3) is 0.538. The maximum Gasteiger partial charge on any atom is 0.123 e. The summed E-state index contributed by atoms with van der Waals surface area (Å²) in [7, 11) is 0. The summed E-state index contributed by atoms with van der Waals surface area (Å²) in [6.45, 7) is 6.94. The zero-order valence-electron chi connectivity index (χ0n) is 10.3. The third kappa shape index (κ3) is 6.01. The lowest BCUT2D eigenvalue weighted by atomic mass is 10.2. The topological polar surface area (TPSA) is 21.3 Å². The van der Waals surface area contributed by atoms with Crippen molar-refractivity contribution in [2.75, 3.05) is 19.8 Å². The molecule has 0 aliphatic carbocycles. The number of hydrogen-bond donors (Lipinski definition) is 1. The molecule has 0 aliphatic rings. The van der Waals surface area contributed by atoms with Crippen LogP contribution in [0.5, 0.6) is 0 Å². The van der Waals surface area contributed by atoms with Crippen LogP contribution in [0, 0.1) is 11.7 Å². The van der Waals surface area contributed by atoms with Gasteiger partial charge in [0.25, 0.3) is 0 Å². The van der Waals surface area contributed by atoms with Crippen molar-refractivity contribution < 1.29 is 9.13 Å². The number of ether oxygens (including phenoxy) is 1. The number of nitrogens with one attached hydrogen (secondary N) is 1. The molecule has 17 heavy (non-hydrogen) atoms. The lowest BCUT2D eigenvalue weighted by molar-refractivity contribution is 0.111. The molecule has 0 radical (unpaired) electrons. The van der Waals surface area contributed by atoms with Crippen molar-refractivity contribution in [3.8, 4) is 0 Å². The third-order valence-corrected chi connectivity index (χ3v) is 2.57. The van der Waals surface area contributed by atoms with Crippen molar-refractivity contribution in [3.05, 3.63) is 34.6 Å². The maximum absolute atomic E-state index is 13.0. The van der Waals surface area contributed by atoms with E-state index in [1.807, 2.05) is 0 Å². The van der Waals surface area contributed by atoms with Crippen LogP contribution in [-0.2, 0) is 11.3 Å². The van der Waals surface area contributed by atoms with Gasteiger partial charge in [-0.15, -0.1) is 0 Å². The Labute approximate surface area is 107 Å². The van der Waals surface area contributed by atoms with Crippen LogP contribution < -0.4 is 5.32 Å². The molecule has 0 saturated heterocycles. The fourth-order valence-electron chi connectivity index (χ4n) is 1.37. The van der Waals surface area contributed by atoms with Crippen LogP contribution in [0.2, 0.25) is 5.02 Å². The largest absolute Gasteiger partial charge is 0.380 e. The number of rotatable bonds is 7. The second-order valence-corrected chi connectivity index (χ2v) is 4.79. The summed E-state index contributed by atoms with van der Waals surface area (Å²) >= 11 is 5.94. The van der Waals surface area contributed by atoms with Crippen molar-refractivity contribution in [3.63, 3.8) is 0 Å². The van der Waals surface area contributed by atoms with Gasteiger partial charge in [0, 0.05) is 24.7 Å². The highest BCUT2D eigenvalue weighted by molar-refractivity contribution is 6.31. The van der Waals surface area contributed by atoms with Gasteiger partial charge in [-0.3, -0.25) is 0 Å². The summed E-state index contributed by atoms with van der Waals surface area (Å²) in [5.74, 6) is 0.287. The van der Waals surface area contributed by atoms with E-state index in [0.29, 0.717) is 24.1 Å². The predicted molar refractivity (Wildman–Crippen MR) is 68.8 cm³/mol. The first-order valence-corrected chi connectivity index (χ1v) is 6.19. The molecule has 1 aromatic carbocycles. The van der Waals surface area contributed by atoms with Gasteiger partial charge in [0.1, 0.15) is 5.82 Å². The van der Waals surface area contributed by atoms with Gasteiger partial charge in [0.2, 0.25) is 0 Å². The monoisotopic (exact) mass is 259 g/mol. The van der Waals surface area contributed by atoms with Gasteiger partial charge in [0.15, 0.2) is 0 Å². The van der Waals surface area contributed by atoms with Crippen LogP contribution in [-0.4, -0.2) is 19.8 Å². The molecule has 4 heteroatoms. The summed E-state index contributed by atoms with van der Waals surface area (Å²) < 4.78 is 18.4. The highest BCUT2D eigenvalue weighted by Gasteiger charge is 2.01. The van der Waals surface area contributed by atoms with E-state index in [0.717, 1.165) is 18.7 Å². The molecule has 1 N–H and O–H groups in total. The summed E-state index contributed by atoms with van der Waals surface area (Å²) in [5.41, 5.74) is 0.774. The van der Waals surface area contributed by atoms with Crippen molar-refractivity contribution in [2.45, 2.75) is 20.4 Å². The highest BCUT2D eigenvalue weighted by atomic mass is 35.5. The Balaban J connectivity index is 2.20. The van der Waals surface area contributed by atoms with E-state index in [1.165, 1.54) is 12.1 Å². The van der Waals surface area contributed by atoms with E-state index >= 15 is 0 Å². The van der Waals surface area contributed by atoms with Crippen LogP contribution >= 0.6 is 11.6 Å². The molecule has 0 unspecified atom stereocenters. The minimum Gasteiger partial charge on any atom is -0.380 e. The Kier molecular flexibility index (Phi) is 6.48. The van der Waals surface area contributed by atoms with Crippen molar-refractivity contribution >= 4 is 11.6 Å². The van der Waals surface area contributed by atoms with Crippen molar-refractivity contribution in [1.82, 2.24) is 5.32 Å². The van der Waals surface area contributed by atoms with E-state index in [9.17, 15) is 4.39 Å². The normalized spacial score (nSPS) is 11.1. The average molecular weight is 260 g/mol. The first-order chi connectivity index (χ1) is 8.09. The van der Waals surface area contributed by atoms with Crippen LogP contribution in [0.1, 0.15) is 19.4 Å². The van der Waals surface area contributed by atoms with Gasteiger partial charge < -0.3 is 10.1 Å². The molecule has 2 nitrogen and oxygen atoms in total. The predicted octanol–water partition coefficient (Wildman–Crippen LogP) is 3.24. The zero-order chi connectivity index (χ0) is 12.7. The molecule has 0 heterocycles. The maximum atomic E-state index is 13.0. The molecule has 0 atom stereocenters. The van der Waals surface area contributed by atoms with Crippen LogP contribution in [0.3, 0.4) is 0 Å². The van der Waals surface area contributed by atoms with E-state index < -0.39 is 0 Å². The molecular weight excluding hydrogens is 241 g/mol. The molecule has 1 rings (SSSR count). The minimum atomic E-state index is -0.262. The van der Waals surface area contributed by atoms with E-state index in [-0.39, 0.29) is 5.82 Å². The fourth-order valence-corrected chi connectivity index (χ4v) is 1.55. The van der Waals surface area contributed by atoms with Crippen molar-refractivity contribution in [1.29, 1.82) is 0 Å². The first-order valence-electron chi connectivity index (χ1n) is 5.82. The molecule has 0 fully saturated rings. The lowest BCUT2D eigenvalue weighted by Gasteiger charge is -2.09. The standard InChI is InChI=1S/C13H19ClFNO/c1-10(2)9-17-6-5-16-8-11-7-12(15)3-4-13(11)14/h3-4,7,10,16H,5-6,8-9H2,1-2H3. The number of halogens is 2. The second kappa shape index (κ2) is 7.64. The Morgan fingerprint density at radius 2 is 2.18 bits per heavy atom. The minimum absolute atomic E-state index is 0.262. The summed E-state index contributed by atoms with van der Waals surface area (Å²) in [5, 5.41) is 3.75. The third-order valence-electron chi connectivity index (χ3n) is 2.20. The van der Waals surface area contributed by atoms with E-state index in [1.54, 1.807) is 6.07 Å². The summed E-state index contributed by atoms with van der Waals surface area (Å²) in [6, 6.07) is 4.38. The highest BCUT2D eigenvalue weighted by Crippen LogP contribution is 2.16. The van der Waals surface area contributed by atoms with Gasteiger partial charge in [-0.1, -0.05) is 25.4 Å². The van der Waals surface area contributed by atoms with Gasteiger partial charge in [0.05, 0.1) is 6.61 Å². The van der Waals surface area contributed by atoms with Gasteiger partial charge in [-0.2, -0.15) is 0 Å². The smallest absolute Gasteiger partial charge is 0.123 e. The number of benzene rings is 1. The lowest BCUT2D eigenvalue weighted by Crippen LogP contribution is -2.20. The number of hydrogen-bond acceptors (Lipinski definition) is 2. The SMILES string of the molecule is CC(C)COCCNCc1cc(F)ccc1Cl. The Bertz CT molecular complexity index is 344. The molecule has 96 valence electrons. The summed E-state index contributed by atoms with van der Waals surface area (Å²) in [6.07, 6.45) is 0. The van der Waals surface area contributed by atoms with Crippen molar-refractivity contribution in [2.24, 2.45) is 5.92 Å². The Morgan fingerprint density at radius 1 is 1.41 bits per heavy atom. The molecule has 0 saturated carbocycles. The van der Waals surface area contributed by atoms with E-state index in [4.69, 9.17) is 16.3 Å². The van der Waals surface area contributed by atoms with Gasteiger partial charge in [-0.25, -0.2) is 4.39 Å². The molecule has 1 aromatic rings. The molecule has 0 amide bonds. The van der Waals surface area contributed by atoms with Crippen LogP contribution in [0.25, 0.3) is 0 Å². The molecule has 0 spiro atoms. The molecular formula is C13H19ClFNO.